The summed E-state index contributed by atoms with van der Waals surface area (Å²) in [6.45, 7) is 5.29. The molecule has 0 aliphatic carbocycles. The number of guanidine groups is 1. The Morgan fingerprint density at radius 3 is 3.14 bits per heavy atom. The van der Waals surface area contributed by atoms with E-state index >= 15 is 0 Å². The molecule has 3 heterocycles. The van der Waals surface area contributed by atoms with Crippen molar-refractivity contribution >= 4 is 17.3 Å². The topological polar surface area (TPSA) is 67.1 Å². The molecule has 7 heteroatoms. The molecule has 0 spiro atoms. The van der Waals surface area contributed by atoms with Crippen LogP contribution in [0.5, 0.6) is 0 Å². The first-order chi connectivity index (χ1) is 10.9. The van der Waals surface area contributed by atoms with Gasteiger partial charge in [-0.25, -0.2) is 4.99 Å². The Bertz CT molecular complexity index is 616. The maximum absolute atomic E-state index is 4.61. The second-order valence-electron chi connectivity index (χ2n) is 5.32. The average Bonchev–Trinajstić information content (AvgIpc) is 3.20. The van der Waals surface area contributed by atoms with Crippen molar-refractivity contribution in [3.63, 3.8) is 0 Å². The zero-order chi connectivity index (χ0) is 15.2. The van der Waals surface area contributed by atoms with Crippen molar-refractivity contribution in [2.24, 2.45) is 4.99 Å². The van der Waals surface area contributed by atoms with Crippen LogP contribution in [-0.4, -0.2) is 27.3 Å². The highest BCUT2D eigenvalue weighted by molar-refractivity contribution is 7.07. The molecule has 0 unspecified atom stereocenters. The first-order valence-corrected chi connectivity index (χ1v) is 8.75. The van der Waals surface area contributed by atoms with Gasteiger partial charge in [0.25, 0.3) is 0 Å². The van der Waals surface area contributed by atoms with E-state index in [1.54, 1.807) is 11.3 Å². The van der Waals surface area contributed by atoms with Crippen molar-refractivity contribution in [2.45, 2.75) is 45.8 Å². The Labute approximate surface area is 134 Å². The van der Waals surface area contributed by atoms with Crippen LogP contribution in [0, 0.1) is 0 Å². The number of aromatic nitrogens is 3. The lowest BCUT2D eigenvalue weighted by Crippen LogP contribution is -2.37. The van der Waals surface area contributed by atoms with Gasteiger partial charge < -0.3 is 15.2 Å². The first-order valence-electron chi connectivity index (χ1n) is 7.81. The Balaban J connectivity index is 1.61. The minimum Gasteiger partial charge on any atom is -0.357 e. The minimum absolute atomic E-state index is 0.655. The van der Waals surface area contributed by atoms with Crippen LogP contribution in [0.4, 0.5) is 0 Å². The van der Waals surface area contributed by atoms with Crippen LogP contribution in [0.1, 0.15) is 37.0 Å². The maximum Gasteiger partial charge on any atom is 0.191 e. The minimum atomic E-state index is 0.655. The summed E-state index contributed by atoms with van der Waals surface area (Å²) in [6.07, 6.45) is 3.47. The molecule has 0 radical (unpaired) electrons. The molecule has 0 saturated heterocycles. The van der Waals surface area contributed by atoms with Crippen molar-refractivity contribution in [2.75, 3.05) is 6.54 Å². The summed E-state index contributed by atoms with van der Waals surface area (Å²) in [5.41, 5.74) is 1.24. The smallest absolute Gasteiger partial charge is 0.191 e. The standard InChI is InChI=1S/C15H22N6S/c1-2-16-15(17-9-12-6-8-22-11-12)18-10-14-20-19-13-5-3-4-7-21(13)14/h6,8,11H,2-5,7,9-10H2,1H3,(H2,16,17,18). The van der Waals surface area contributed by atoms with E-state index in [1.807, 2.05) is 0 Å². The number of rotatable bonds is 5. The molecule has 0 atom stereocenters. The molecule has 6 nitrogen and oxygen atoms in total. The Kier molecular flexibility index (Phi) is 5.05. The fourth-order valence-corrected chi connectivity index (χ4v) is 3.22. The fraction of sp³-hybridized carbons (Fsp3) is 0.533. The molecule has 0 aromatic carbocycles. The second kappa shape index (κ2) is 7.40. The number of nitrogens with one attached hydrogen (secondary N) is 2. The molecule has 0 amide bonds. The molecule has 2 N–H and O–H groups in total. The second-order valence-corrected chi connectivity index (χ2v) is 6.10. The molecule has 1 aliphatic heterocycles. The summed E-state index contributed by atoms with van der Waals surface area (Å²) in [5, 5.41) is 19.4. The van der Waals surface area contributed by atoms with Crippen molar-refractivity contribution in [3.8, 4) is 0 Å². The third-order valence-electron chi connectivity index (χ3n) is 3.69. The van der Waals surface area contributed by atoms with Crippen molar-refractivity contribution < 1.29 is 0 Å². The van der Waals surface area contributed by atoms with E-state index in [-0.39, 0.29) is 0 Å². The molecular weight excluding hydrogens is 296 g/mol. The van der Waals surface area contributed by atoms with Crippen molar-refractivity contribution in [1.29, 1.82) is 0 Å². The molecular formula is C15H22N6S. The first kappa shape index (κ1) is 15.0. The monoisotopic (exact) mass is 318 g/mol. The Hall–Kier alpha value is -1.89. The van der Waals surface area contributed by atoms with E-state index in [0.717, 1.165) is 37.1 Å². The zero-order valence-electron chi connectivity index (χ0n) is 12.9. The lowest BCUT2D eigenvalue weighted by molar-refractivity contribution is 0.504. The molecule has 118 valence electrons. The summed E-state index contributed by atoms with van der Waals surface area (Å²) < 4.78 is 2.24. The highest BCUT2D eigenvalue weighted by Gasteiger charge is 2.15. The van der Waals surface area contributed by atoms with Gasteiger partial charge in [0.2, 0.25) is 0 Å². The fourth-order valence-electron chi connectivity index (χ4n) is 2.56. The van der Waals surface area contributed by atoms with E-state index in [1.165, 1.54) is 18.4 Å². The van der Waals surface area contributed by atoms with Gasteiger partial charge in [0, 0.05) is 19.5 Å². The molecule has 2 aromatic heterocycles. The number of hydrogen-bond donors (Lipinski definition) is 2. The highest BCUT2D eigenvalue weighted by Crippen LogP contribution is 2.14. The van der Waals surface area contributed by atoms with Crippen LogP contribution in [0.25, 0.3) is 0 Å². The largest absolute Gasteiger partial charge is 0.357 e. The summed E-state index contributed by atoms with van der Waals surface area (Å²) in [6, 6.07) is 2.10. The van der Waals surface area contributed by atoms with Crippen LogP contribution in [0.15, 0.2) is 21.8 Å². The summed E-state index contributed by atoms with van der Waals surface area (Å²) in [4.78, 5) is 4.61. The zero-order valence-corrected chi connectivity index (χ0v) is 13.7. The molecule has 1 aliphatic rings. The van der Waals surface area contributed by atoms with Crippen LogP contribution >= 0.6 is 11.3 Å². The maximum atomic E-state index is 4.61. The van der Waals surface area contributed by atoms with Crippen LogP contribution in [0.3, 0.4) is 0 Å². The normalized spacial score (nSPS) is 14.7. The predicted molar refractivity (Wildman–Crippen MR) is 88.9 cm³/mol. The van der Waals surface area contributed by atoms with Gasteiger partial charge in [0.15, 0.2) is 11.8 Å². The van der Waals surface area contributed by atoms with E-state index in [4.69, 9.17) is 0 Å². The number of aryl methyl sites for hydroxylation is 1. The molecule has 22 heavy (non-hydrogen) atoms. The van der Waals surface area contributed by atoms with E-state index in [9.17, 15) is 0 Å². The lowest BCUT2D eigenvalue weighted by Gasteiger charge is -2.16. The van der Waals surface area contributed by atoms with Gasteiger partial charge in [0.05, 0.1) is 13.1 Å². The van der Waals surface area contributed by atoms with Gasteiger partial charge in [-0.15, -0.1) is 10.2 Å². The predicted octanol–water partition coefficient (Wildman–Crippen LogP) is 1.93. The average molecular weight is 318 g/mol. The van der Waals surface area contributed by atoms with Gasteiger partial charge in [-0.05, 0) is 42.2 Å². The van der Waals surface area contributed by atoms with Gasteiger partial charge in [-0.2, -0.15) is 11.3 Å². The number of thiophene rings is 1. The third kappa shape index (κ3) is 3.65. The summed E-state index contributed by atoms with van der Waals surface area (Å²) >= 11 is 1.70. The molecule has 3 rings (SSSR count). The molecule has 2 aromatic rings. The number of hydrogen-bond acceptors (Lipinski definition) is 4. The van der Waals surface area contributed by atoms with E-state index in [0.29, 0.717) is 13.1 Å². The summed E-state index contributed by atoms with van der Waals surface area (Å²) in [7, 11) is 0. The molecule has 0 saturated carbocycles. The number of fused-ring (bicyclic) bond motifs is 1. The summed E-state index contributed by atoms with van der Waals surface area (Å²) in [5.74, 6) is 2.93. The lowest BCUT2D eigenvalue weighted by atomic mass is 10.2. The van der Waals surface area contributed by atoms with E-state index < -0.39 is 0 Å². The quantitative estimate of drug-likeness (QED) is 0.653. The van der Waals surface area contributed by atoms with Crippen LogP contribution < -0.4 is 10.6 Å². The number of nitrogens with zero attached hydrogens (tertiary/aromatic N) is 4. The SMILES string of the molecule is CCNC(=NCc1ccsc1)NCc1nnc2n1CCCC2. The number of aliphatic imine (C=N–C) groups is 1. The van der Waals surface area contributed by atoms with Crippen LogP contribution in [0.2, 0.25) is 0 Å². The van der Waals surface area contributed by atoms with Crippen LogP contribution in [-0.2, 0) is 26.1 Å². The van der Waals surface area contributed by atoms with E-state index in [2.05, 4.69) is 54.1 Å². The van der Waals surface area contributed by atoms with Gasteiger partial charge in [0.1, 0.15) is 5.82 Å². The highest BCUT2D eigenvalue weighted by atomic mass is 32.1. The molecule has 0 bridgehead atoms. The van der Waals surface area contributed by atoms with Gasteiger partial charge in [-0.1, -0.05) is 0 Å². The Morgan fingerprint density at radius 2 is 2.32 bits per heavy atom. The van der Waals surface area contributed by atoms with Gasteiger partial charge >= 0.3 is 0 Å². The molecule has 0 fully saturated rings. The van der Waals surface area contributed by atoms with Crippen molar-refractivity contribution in [1.82, 2.24) is 25.4 Å². The van der Waals surface area contributed by atoms with Gasteiger partial charge in [-0.3, -0.25) is 0 Å². The third-order valence-corrected chi connectivity index (χ3v) is 4.43. The Morgan fingerprint density at radius 1 is 1.36 bits per heavy atom. The van der Waals surface area contributed by atoms with Crippen molar-refractivity contribution in [3.05, 3.63) is 34.0 Å².